The Bertz CT molecular complexity index is 893. The summed E-state index contributed by atoms with van der Waals surface area (Å²) in [6.45, 7) is 0. The molecule has 0 atom stereocenters. The zero-order chi connectivity index (χ0) is 16.9. The number of hydrogen-bond acceptors (Lipinski definition) is 3. The van der Waals surface area contributed by atoms with Crippen LogP contribution >= 0.6 is 0 Å². The predicted molar refractivity (Wildman–Crippen MR) is 89.7 cm³/mol. The van der Waals surface area contributed by atoms with Crippen LogP contribution in [0.15, 0.2) is 57.7 Å². The number of aryl methyl sites for hydroxylation is 1. The molecule has 0 bridgehead atoms. The summed E-state index contributed by atoms with van der Waals surface area (Å²) in [5.41, 5.74) is 2.02. The first-order chi connectivity index (χ1) is 11.6. The van der Waals surface area contributed by atoms with Crippen molar-refractivity contribution in [2.75, 3.05) is 0 Å². The lowest BCUT2D eigenvalue weighted by Gasteiger charge is -2.03. The fraction of sp³-hybridized carbons (Fsp3) is 0.263. The number of oxazole rings is 1. The van der Waals surface area contributed by atoms with Gasteiger partial charge in [0.2, 0.25) is 5.91 Å². The van der Waals surface area contributed by atoms with Crippen molar-refractivity contribution in [1.82, 2.24) is 4.57 Å². The molecule has 0 aliphatic carbocycles. The van der Waals surface area contributed by atoms with Gasteiger partial charge in [-0.15, -0.1) is 0 Å². The number of hydrogen-bond donors (Lipinski definition) is 0. The highest BCUT2D eigenvalue weighted by atomic mass is 19.1. The molecule has 0 amide bonds. The summed E-state index contributed by atoms with van der Waals surface area (Å²) < 4.78 is 19.0. The monoisotopic (exact) mass is 327 g/mol. The van der Waals surface area contributed by atoms with Crippen molar-refractivity contribution in [2.24, 2.45) is 0 Å². The zero-order valence-electron chi connectivity index (χ0n) is 13.2. The van der Waals surface area contributed by atoms with E-state index < -0.39 is 5.76 Å². The lowest BCUT2D eigenvalue weighted by atomic mass is 10.1. The van der Waals surface area contributed by atoms with E-state index in [1.807, 2.05) is 0 Å². The van der Waals surface area contributed by atoms with Gasteiger partial charge in [-0.25, -0.2) is 13.8 Å². The van der Waals surface area contributed by atoms with Crippen molar-refractivity contribution >= 4 is 17.0 Å². The smallest absolute Gasteiger partial charge is 0.407 e. The molecule has 124 valence electrons. The molecule has 1 aromatic heterocycles. The zero-order valence-corrected chi connectivity index (χ0v) is 13.2. The van der Waals surface area contributed by atoms with Crippen molar-refractivity contribution in [2.45, 2.75) is 32.1 Å². The molecule has 0 aliphatic rings. The second-order valence-corrected chi connectivity index (χ2v) is 5.75. The maximum absolute atomic E-state index is 12.8. The topological polar surface area (TPSA) is 52.2 Å². The number of carbonyl (C=O) groups is 1. The highest BCUT2D eigenvalue weighted by Gasteiger charge is 2.14. The molecule has 3 rings (SSSR count). The molecule has 24 heavy (non-hydrogen) atoms. The number of carbonyl (C=O) groups excluding carboxylic acids is 1. The predicted octanol–water partition coefficient (Wildman–Crippen LogP) is 4.18. The fourth-order valence-corrected chi connectivity index (χ4v) is 2.75. The van der Waals surface area contributed by atoms with Gasteiger partial charge in [0.15, 0.2) is 5.58 Å². The Kier molecular flexibility index (Phi) is 4.89. The van der Waals surface area contributed by atoms with E-state index in [2.05, 4.69) is 0 Å². The SMILES string of the molecule is O=C(CCCCCc1ccc(F)cc1)n1c(=O)oc2ccccc21. The molecule has 0 radical (unpaired) electrons. The Balaban J connectivity index is 1.51. The molecule has 0 fully saturated rings. The lowest BCUT2D eigenvalue weighted by Crippen LogP contribution is -2.22. The van der Waals surface area contributed by atoms with Crippen molar-refractivity contribution in [3.8, 4) is 0 Å². The van der Waals surface area contributed by atoms with Crippen molar-refractivity contribution in [1.29, 1.82) is 0 Å². The van der Waals surface area contributed by atoms with Gasteiger partial charge in [-0.05, 0) is 49.1 Å². The largest absolute Gasteiger partial charge is 0.426 e. The number of halogens is 1. The van der Waals surface area contributed by atoms with E-state index in [0.29, 0.717) is 23.9 Å². The molecule has 0 unspecified atom stereocenters. The van der Waals surface area contributed by atoms with E-state index in [1.165, 1.54) is 12.1 Å². The third-order valence-electron chi connectivity index (χ3n) is 4.00. The molecule has 0 aliphatic heterocycles. The van der Waals surface area contributed by atoms with Crippen LogP contribution in [0.5, 0.6) is 0 Å². The maximum atomic E-state index is 12.8. The summed E-state index contributed by atoms with van der Waals surface area (Å²) in [4.78, 5) is 24.1. The van der Waals surface area contributed by atoms with Gasteiger partial charge >= 0.3 is 5.76 Å². The minimum atomic E-state index is -0.632. The van der Waals surface area contributed by atoms with Gasteiger partial charge in [0.1, 0.15) is 5.82 Å². The Morgan fingerprint density at radius 3 is 2.54 bits per heavy atom. The van der Waals surface area contributed by atoms with Gasteiger partial charge in [0, 0.05) is 6.42 Å². The number of benzene rings is 2. The molecular weight excluding hydrogens is 309 g/mol. The van der Waals surface area contributed by atoms with Crippen LogP contribution in [0, 0.1) is 5.82 Å². The van der Waals surface area contributed by atoms with Crippen LogP contribution in [0.3, 0.4) is 0 Å². The molecule has 1 heterocycles. The van der Waals surface area contributed by atoms with E-state index in [0.717, 1.165) is 29.4 Å². The minimum Gasteiger partial charge on any atom is -0.407 e. The third kappa shape index (κ3) is 3.62. The van der Waals surface area contributed by atoms with Crippen LogP contribution in [-0.2, 0) is 6.42 Å². The average molecular weight is 327 g/mol. The molecule has 0 saturated carbocycles. The number of para-hydroxylation sites is 2. The Hall–Kier alpha value is -2.69. The molecule has 0 saturated heterocycles. The van der Waals surface area contributed by atoms with Crippen molar-refractivity contribution in [3.05, 3.63) is 70.5 Å². The summed E-state index contributed by atoms with van der Waals surface area (Å²) in [6, 6.07) is 13.4. The molecule has 5 heteroatoms. The quantitative estimate of drug-likeness (QED) is 0.638. The Morgan fingerprint density at radius 2 is 1.75 bits per heavy atom. The first-order valence-corrected chi connectivity index (χ1v) is 8.03. The number of fused-ring (bicyclic) bond motifs is 1. The van der Waals surface area contributed by atoms with Crippen LogP contribution in [0.25, 0.3) is 11.1 Å². The summed E-state index contributed by atoms with van der Waals surface area (Å²) in [5.74, 6) is -1.11. The molecular formula is C19H18FNO3. The highest BCUT2D eigenvalue weighted by molar-refractivity contribution is 5.88. The van der Waals surface area contributed by atoms with Crippen LogP contribution in [0.1, 0.15) is 36.0 Å². The molecule has 4 nitrogen and oxygen atoms in total. The average Bonchev–Trinajstić information content (AvgIpc) is 2.92. The van der Waals surface area contributed by atoms with E-state index in [9.17, 15) is 14.0 Å². The van der Waals surface area contributed by atoms with Crippen LogP contribution in [-0.4, -0.2) is 10.5 Å². The molecule has 0 N–H and O–H groups in total. The Morgan fingerprint density at radius 1 is 1.00 bits per heavy atom. The summed E-state index contributed by atoms with van der Waals surface area (Å²) in [5, 5.41) is 0. The molecule has 0 spiro atoms. The standard InChI is InChI=1S/C19H18FNO3/c20-15-12-10-14(11-13-15)6-2-1-3-9-18(22)21-16-7-4-5-8-17(16)24-19(21)23/h4-5,7-8,10-13H,1-3,6,9H2. The van der Waals surface area contributed by atoms with E-state index >= 15 is 0 Å². The van der Waals surface area contributed by atoms with Crippen LogP contribution < -0.4 is 5.76 Å². The second-order valence-electron chi connectivity index (χ2n) is 5.75. The van der Waals surface area contributed by atoms with Crippen LogP contribution in [0.2, 0.25) is 0 Å². The van der Waals surface area contributed by atoms with Crippen molar-refractivity contribution < 1.29 is 13.6 Å². The fourth-order valence-electron chi connectivity index (χ4n) is 2.75. The Labute approximate surface area is 138 Å². The number of nitrogens with zero attached hydrogens (tertiary/aromatic N) is 1. The summed E-state index contributed by atoms with van der Waals surface area (Å²) >= 11 is 0. The number of aromatic nitrogens is 1. The second kappa shape index (κ2) is 7.25. The first-order valence-electron chi connectivity index (χ1n) is 8.03. The van der Waals surface area contributed by atoms with E-state index in [1.54, 1.807) is 36.4 Å². The van der Waals surface area contributed by atoms with E-state index in [4.69, 9.17) is 4.42 Å². The van der Waals surface area contributed by atoms with Gasteiger partial charge in [-0.1, -0.05) is 30.7 Å². The van der Waals surface area contributed by atoms with Crippen LogP contribution in [0.4, 0.5) is 4.39 Å². The summed E-state index contributed by atoms with van der Waals surface area (Å²) in [6.07, 6.45) is 3.63. The van der Waals surface area contributed by atoms with Gasteiger partial charge < -0.3 is 4.42 Å². The van der Waals surface area contributed by atoms with Gasteiger partial charge in [-0.3, -0.25) is 4.79 Å². The maximum Gasteiger partial charge on any atom is 0.426 e. The number of unbranched alkanes of at least 4 members (excludes halogenated alkanes) is 2. The van der Waals surface area contributed by atoms with Gasteiger partial charge in [0.25, 0.3) is 0 Å². The minimum absolute atomic E-state index is 0.234. The van der Waals surface area contributed by atoms with E-state index in [-0.39, 0.29) is 11.7 Å². The summed E-state index contributed by atoms with van der Waals surface area (Å²) in [7, 11) is 0. The lowest BCUT2D eigenvalue weighted by molar-refractivity contribution is 0.0895. The van der Waals surface area contributed by atoms with Gasteiger partial charge in [-0.2, -0.15) is 0 Å². The number of rotatable bonds is 6. The third-order valence-corrected chi connectivity index (χ3v) is 4.00. The molecule has 3 aromatic rings. The molecule has 2 aromatic carbocycles. The van der Waals surface area contributed by atoms with Crippen molar-refractivity contribution in [3.63, 3.8) is 0 Å². The first kappa shape index (κ1) is 16.2. The normalized spacial score (nSPS) is 11.0. The highest BCUT2D eigenvalue weighted by Crippen LogP contribution is 2.14. The van der Waals surface area contributed by atoms with Gasteiger partial charge in [0.05, 0.1) is 5.52 Å².